The summed E-state index contributed by atoms with van der Waals surface area (Å²) >= 11 is 11.8. The number of nitrogens with one attached hydrogen (secondary N) is 1. The van der Waals surface area contributed by atoms with E-state index < -0.39 is 17.5 Å². The van der Waals surface area contributed by atoms with Crippen LogP contribution in [0.1, 0.15) is 32.1 Å². The van der Waals surface area contributed by atoms with Crippen molar-refractivity contribution in [1.82, 2.24) is 9.80 Å². The third-order valence-electron chi connectivity index (χ3n) is 4.99. The minimum Gasteiger partial charge on any atom is -0.324 e. The number of benzene rings is 1. The molecule has 2 fully saturated rings. The van der Waals surface area contributed by atoms with Crippen LogP contribution in [0.4, 0.5) is 10.5 Å². The van der Waals surface area contributed by atoms with E-state index >= 15 is 0 Å². The summed E-state index contributed by atoms with van der Waals surface area (Å²) in [4.78, 5) is 40.1. The van der Waals surface area contributed by atoms with Crippen LogP contribution >= 0.6 is 23.2 Å². The van der Waals surface area contributed by atoms with Gasteiger partial charge in [-0.3, -0.25) is 14.5 Å². The number of hydrogen-bond acceptors (Lipinski definition) is 3. The maximum absolute atomic E-state index is 12.8. The Labute approximate surface area is 156 Å². The third-order valence-corrected chi connectivity index (χ3v) is 5.73. The average Bonchev–Trinajstić information content (AvgIpc) is 2.75. The van der Waals surface area contributed by atoms with E-state index in [2.05, 4.69) is 5.32 Å². The van der Waals surface area contributed by atoms with Gasteiger partial charge in [0.15, 0.2) is 0 Å². The molecule has 1 saturated carbocycles. The van der Waals surface area contributed by atoms with Gasteiger partial charge in [0.1, 0.15) is 12.1 Å². The van der Waals surface area contributed by atoms with Gasteiger partial charge < -0.3 is 10.2 Å². The highest BCUT2D eigenvalue weighted by atomic mass is 35.5. The van der Waals surface area contributed by atoms with Gasteiger partial charge in [0.25, 0.3) is 5.91 Å². The normalized spacial score (nSPS) is 19.6. The van der Waals surface area contributed by atoms with E-state index in [1.54, 1.807) is 19.2 Å². The van der Waals surface area contributed by atoms with Gasteiger partial charge in [0.05, 0.1) is 10.0 Å². The Morgan fingerprint density at radius 2 is 1.84 bits per heavy atom. The predicted octanol–water partition coefficient (Wildman–Crippen LogP) is 3.53. The van der Waals surface area contributed by atoms with Crippen molar-refractivity contribution in [3.05, 3.63) is 28.2 Å². The Hall–Kier alpha value is -1.79. The lowest BCUT2D eigenvalue weighted by Gasteiger charge is -2.35. The Kier molecular flexibility index (Phi) is 4.93. The van der Waals surface area contributed by atoms with Crippen molar-refractivity contribution in [3.8, 4) is 0 Å². The number of imide groups is 1. The molecule has 1 heterocycles. The van der Waals surface area contributed by atoms with Crippen LogP contribution in [0.5, 0.6) is 0 Å². The number of amides is 4. The first-order valence-electron chi connectivity index (χ1n) is 8.20. The largest absolute Gasteiger partial charge is 0.327 e. The monoisotopic (exact) mass is 383 g/mol. The summed E-state index contributed by atoms with van der Waals surface area (Å²) in [5, 5.41) is 3.33. The second-order valence-electron chi connectivity index (χ2n) is 6.50. The Bertz CT molecular complexity index is 732. The number of anilines is 1. The fourth-order valence-corrected chi connectivity index (χ4v) is 3.89. The van der Waals surface area contributed by atoms with Crippen LogP contribution in [-0.4, -0.2) is 46.8 Å². The second-order valence-corrected chi connectivity index (χ2v) is 7.32. The summed E-state index contributed by atoms with van der Waals surface area (Å²) in [6.45, 7) is -0.315. The maximum atomic E-state index is 12.8. The van der Waals surface area contributed by atoms with Gasteiger partial charge in [-0.25, -0.2) is 4.79 Å². The summed E-state index contributed by atoms with van der Waals surface area (Å²) < 4.78 is 0. The first-order valence-corrected chi connectivity index (χ1v) is 8.95. The molecule has 134 valence electrons. The number of carbonyl (C=O) groups is 3. The molecule has 0 unspecified atom stereocenters. The number of nitrogens with zero attached hydrogens (tertiary/aromatic N) is 2. The van der Waals surface area contributed by atoms with E-state index in [1.165, 1.54) is 11.0 Å². The number of carbonyl (C=O) groups excluding carboxylic acids is 3. The van der Waals surface area contributed by atoms with Gasteiger partial charge in [-0.15, -0.1) is 0 Å². The molecule has 1 aromatic carbocycles. The van der Waals surface area contributed by atoms with Crippen molar-refractivity contribution < 1.29 is 14.4 Å². The van der Waals surface area contributed by atoms with Crippen molar-refractivity contribution in [1.29, 1.82) is 0 Å². The topological polar surface area (TPSA) is 69.7 Å². The minimum absolute atomic E-state index is 0.274. The maximum Gasteiger partial charge on any atom is 0.327 e. The minimum atomic E-state index is -0.779. The van der Waals surface area contributed by atoms with Gasteiger partial charge in [-0.2, -0.15) is 0 Å². The predicted molar refractivity (Wildman–Crippen MR) is 95.8 cm³/mol. The van der Waals surface area contributed by atoms with Crippen LogP contribution < -0.4 is 5.32 Å². The zero-order valence-corrected chi connectivity index (χ0v) is 15.4. The van der Waals surface area contributed by atoms with E-state index in [1.807, 2.05) is 0 Å². The number of likely N-dealkylation sites (N-methyl/N-ethyl adjacent to an activating group) is 1. The highest BCUT2D eigenvalue weighted by molar-refractivity contribution is 6.42. The lowest BCUT2D eigenvalue weighted by atomic mass is 9.81. The molecule has 6 nitrogen and oxygen atoms in total. The van der Waals surface area contributed by atoms with Gasteiger partial charge >= 0.3 is 6.03 Å². The molecule has 1 spiro atoms. The summed E-state index contributed by atoms with van der Waals surface area (Å²) in [6.07, 6.45) is 4.19. The van der Waals surface area contributed by atoms with Gasteiger partial charge in [-0.05, 0) is 31.0 Å². The fraction of sp³-hybridized carbons (Fsp3) is 0.471. The molecule has 1 aliphatic heterocycles. The van der Waals surface area contributed by atoms with Crippen molar-refractivity contribution in [2.45, 2.75) is 37.6 Å². The first kappa shape index (κ1) is 18.0. The second kappa shape index (κ2) is 6.84. The summed E-state index contributed by atoms with van der Waals surface area (Å²) in [5.41, 5.74) is -0.321. The van der Waals surface area contributed by atoms with E-state index in [-0.39, 0.29) is 12.5 Å². The molecule has 25 heavy (non-hydrogen) atoms. The Morgan fingerprint density at radius 3 is 2.48 bits per heavy atom. The number of halogens is 2. The van der Waals surface area contributed by atoms with Gasteiger partial charge in [-0.1, -0.05) is 42.5 Å². The SMILES string of the molecule is CN1C(=O)N(CC(=O)Nc2ccc(Cl)c(Cl)c2)C(=O)C12CCCCC2. The van der Waals surface area contributed by atoms with E-state index in [0.29, 0.717) is 28.6 Å². The van der Waals surface area contributed by atoms with Crippen molar-refractivity contribution in [2.75, 3.05) is 18.9 Å². The Balaban J connectivity index is 1.71. The van der Waals surface area contributed by atoms with E-state index in [0.717, 1.165) is 24.2 Å². The molecule has 1 aromatic rings. The number of hydrogen-bond donors (Lipinski definition) is 1. The molecular formula is C17H19Cl2N3O3. The lowest BCUT2D eigenvalue weighted by Crippen LogP contribution is -2.49. The van der Waals surface area contributed by atoms with Crippen LogP contribution in [0.2, 0.25) is 10.0 Å². The van der Waals surface area contributed by atoms with Crippen LogP contribution in [-0.2, 0) is 9.59 Å². The highest BCUT2D eigenvalue weighted by Gasteiger charge is 2.55. The molecule has 2 aliphatic rings. The van der Waals surface area contributed by atoms with Crippen molar-refractivity contribution in [3.63, 3.8) is 0 Å². The van der Waals surface area contributed by atoms with Crippen LogP contribution in [0.25, 0.3) is 0 Å². The molecule has 0 aromatic heterocycles. The molecular weight excluding hydrogens is 365 g/mol. The van der Waals surface area contributed by atoms with Gasteiger partial charge in [0.2, 0.25) is 5.91 Å². The zero-order valence-electron chi connectivity index (χ0n) is 13.8. The zero-order chi connectivity index (χ0) is 18.2. The molecule has 1 saturated heterocycles. The van der Waals surface area contributed by atoms with E-state index in [9.17, 15) is 14.4 Å². The molecule has 0 radical (unpaired) electrons. The smallest absolute Gasteiger partial charge is 0.324 e. The first-order chi connectivity index (χ1) is 11.8. The standard InChI is InChI=1S/C17H19Cl2N3O3/c1-21-16(25)22(15(24)17(21)7-3-2-4-8-17)10-14(23)20-11-5-6-12(18)13(19)9-11/h5-6,9H,2-4,7-8,10H2,1H3,(H,20,23). The number of urea groups is 1. The third kappa shape index (κ3) is 3.20. The molecule has 4 amide bonds. The van der Waals surface area contributed by atoms with Crippen LogP contribution in [0, 0.1) is 0 Å². The van der Waals surface area contributed by atoms with Gasteiger partial charge in [0, 0.05) is 12.7 Å². The number of rotatable bonds is 3. The summed E-state index contributed by atoms with van der Waals surface area (Å²) in [7, 11) is 1.64. The quantitative estimate of drug-likeness (QED) is 0.811. The van der Waals surface area contributed by atoms with Crippen molar-refractivity contribution in [2.24, 2.45) is 0 Å². The molecule has 1 aliphatic carbocycles. The average molecular weight is 384 g/mol. The van der Waals surface area contributed by atoms with Crippen LogP contribution in [0.15, 0.2) is 18.2 Å². The Morgan fingerprint density at radius 1 is 1.16 bits per heavy atom. The van der Waals surface area contributed by atoms with E-state index in [4.69, 9.17) is 23.2 Å². The lowest BCUT2D eigenvalue weighted by molar-refractivity contribution is -0.136. The summed E-state index contributed by atoms with van der Waals surface area (Å²) in [6, 6.07) is 4.27. The molecule has 0 atom stereocenters. The van der Waals surface area contributed by atoms with Crippen LogP contribution in [0.3, 0.4) is 0 Å². The molecule has 1 N–H and O–H groups in total. The molecule has 3 rings (SSSR count). The molecule has 0 bridgehead atoms. The fourth-order valence-electron chi connectivity index (χ4n) is 3.59. The summed E-state index contributed by atoms with van der Waals surface area (Å²) in [5.74, 6) is -0.731. The highest BCUT2D eigenvalue weighted by Crippen LogP contribution is 2.39. The van der Waals surface area contributed by atoms with Crippen molar-refractivity contribution >= 4 is 46.7 Å². The molecule has 8 heteroatoms.